The first-order valence-corrected chi connectivity index (χ1v) is 14.1. The number of ketones is 2. The van der Waals surface area contributed by atoms with Crippen LogP contribution in [0.3, 0.4) is 0 Å². The number of likely N-dealkylation sites (N-methyl/N-ethyl adjacent to an activating group) is 1. The van der Waals surface area contributed by atoms with Crippen LogP contribution >= 0.6 is 0 Å². The number of aliphatic hydroxyl groups excluding tert-OH is 2. The summed E-state index contributed by atoms with van der Waals surface area (Å²) in [6.45, 7) is 0.583. The van der Waals surface area contributed by atoms with Crippen LogP contribution in [-0.4, -0.2) is 101 Å². The number of carbonyl (C=O) groups is 3. The van der Waals surface area contributed by atoms with E-state index in [1.807, 2.05) is 19.0 Å². The second-order valence-electron chi connectivity index (χ2n) is 12.5. The molecule has 0 heterocycles. The van der Waals surface area contributed by atoms with Gasteiger partial charge in [-0.3, -0.25) is 24.2 Å². The lowest BCUT2D eigenvalue weighted by Crippen LogP contribution is -2.63. The predicted octanol–water partition coefficient (Wildman–Crippen LogP) is 1.56. The number of nitrogens with two attached hydrogens (primary N) is 1. The normalized spacial score (nSPS) is 28.3. The molecule has 0 saturated heterocycles. The number of Topliss-reactive ketones (excluding diaryl/α,β-unsaturated/α-hetero) is 2. The lowest BCUT2D eigenvalue weighted by Gasteiger charge is -2.50. The fraction of sp³-hybridized carbons (Fsp3) is 0.567. The van der Waals surface area contributed by atoms with Gasteiger partial charge in [0, 0.05) is 43.9 Å². The molecule has 41 heavy (non-hydrogen) atoms. The van der Waals surface area contributed by atoms with E-state index in [0.29, 0.717) is 18.2 Å². The number of aromatic hydroxyl groups is 1. The summed E-state index contributed by atoms with van der Waals surface area (Å²) in [7, 11) is 9.06. The van der Waals surface area contributed by atoms with E-state index in [1.54, 1.807) is 25.1 Å². The molecule has 222 valence electrons. The number of phenols is 1. The molecular formula is C30H40N4O7. The fourth-order valence-corrected chi connectivity index (χ4v) is 7.79. The smallest absolute Gasteiger partial charge is 0.255 e. The minimum atomic E-state index is -2.64. The number of benzene rings is 1. The molecule has 1 fully saturated rings. The second kappa shape index (κ2) is 10.1. The van der Waals surface area contributed by atoms with Gasteiger partial charge in [-0.05, 0) is 69.9 Å². The maximum atomic E-state index is 14.0. The van der Waals surface area contributed by atoms with Crippen molar-refractivity contribution in [1.82, 2.24) is 9.80 Å². The van der Waals surface area contributed by atoms with Gasteiger partial charge in [-0.2, -0.15) is 0 Å². The first-order valence-electron chi connectivity index (χ1n) is 14.1. The Balaban J connectivity index is 1.65. The molecule has 0 aromatic heterocycles. The van der Waals surface area contributed by atoms with Gasteiger partial charge in [0.05, 0.1) is 11.6 Å². The summed E-state index contributed by atoms with van der Waals surface area (Å²) < 4.78 is 0. The Hall–Kier alpha value is -3.41. The topological polar surface area (TPSA) is 168 Å². The van der Waals surface area contributed by atoms with Crippen molar-refractivity contribution in [2.75, 3.05) is 40.1 Å². The Morgan fingerprint density at radius 3 is 2.27 bits per heavy atom. The number of hydrogen-bond acceptors (Lipinski definition) is 10. The standard InChI is InChI=1S/C30H40N4O7/c1-32(2)23-15(13-34(5)16-8-6-7-9-16)12-19(35)21-17(23)10-14-11-18-24(33(3)4)26(37)22(29(31)40)28(39)30(18,41)27(38)20(14)25(21)36/h12,14,16,18,24,35,37-38,41H,6-11,13H2,1-5H3,(H2,31,40)/t14-,18-,24-,30-/m0/s1. The average molecular weight is 569 g/mol. The van der Waals surface area contributed by atoms with E-state index in [4.69, 9.17) is 5.73 Å². The highest BCUT2D eigenvalue weighted by atomic mass is 16.3. The third-order valence-corrected chi connectivity index (χ3v) is 9.59. The van der Waals surface area contributed by atoms with Crippen molar-refractivity contribution in [3.8, 4) is 5.75 Å². The van der Waals surface area contributed by atoms with Crippen molar-refractivity contribution >= 4 is 23.2 Å². The monoisotopic (exact) mass is 568 g/mol. The molecule has 1 amide bonds. The van der Waals surface area contributed by atoms with E-state index < -0.39 is 58.0 Å². The highest BCUT2D eigenvalue weighted by Crippen LogP contribution is 2.53. The van der Waals surface area contributed by atoms with E-state index in [-0.39, 0.29) is 29.7 Å². The van der Waals surface area contributed by atoms with Crippen molar-refractivity contribution < 1.29 is 34.8 Å². The van der Waals surface area contributed by atoms with Gasteiger partial charge in [-0.1, -0.05) is 12.8 Å². The molecular weight excluding hydrogens is 528 g/mol. The molecule has 11 nitrogen and oxygen atoms in total. The van der Waals surface area contributed by atoms with E-state index in [1.165, 1.54) is 12.8 Å². The molecule has 0 aliphatic heterocycles. The first kappa shape index (κ1) is 29.1. The van der Waals surface area contributed by atoms with Crippen LogP contribution in [0.4, 0.5) is 5.69 Å². The quantitative estimate of drug-likeness (QED) is 0.318. The van der Waals surface area contributed by atoms with E-state index in [9.17, 15) is 34.8 Å². The summed E-state index contributed by atoms with van der Waals surface area (Å²) in [5.41, 5.74) is 4.16. The van der Waals surface area contributed by atoms with Crippen molar-refractivity contribution in [2.24, 2.45) is 17.6 Å². The van der Waals surface area contributed by atoms with E-state index in [0.717, 1.165) is 24.1 Å². The summed E-state index contributed by atoms with van der Waals surface area (Å²) in [6, 6.07) is 1.02. The molecule has 1 aromatic rings. The molecule has 4 aliphatic rings. The number of rotatable bonds is 6. The van der Waals surface area contributed by atoms with Gasteiger partial charge in [0.15, 0.2) is 11.4 Å². The number of primary amides is 1. The highest BCUT2D eigenvalue weighted by molar-refractivity contribution is 6.24. The fourth-order valence-electron chi connectivity index (χ4n) is 7.79. The minimum Gasteiger partial charge on any atom is -0.510 e. The zero-order valence-electron chi connectivity index (χ0n) is 24.3. The number of phenolic OH excluding ortho intramolecular Hbond substituents is 1. The van der Waals surface area contributed by atoms with Crippen LogP contribution in [0, 0.1) is 11.8 Å². The molecule has 11 heteroatoms. The Kier molecular flexibility index (Phi) is 7.20. The third kappa shape index (κ3) is 4.24. The lowest BCUT2D eigenvalue weighted by atomic mass is 9.58. The Labute approximate surface area is 239 Å². The van der Waals surface area contributed by atoms with Gasteiger partial charge in [-0.25, -0.2) is 0 Å². The van der Waals surface area contributed by atoms with E-state index >= 15 is 0 Å². The van der Waals surface area contributed by atoms with Crippen LogP contribution < -0.4 is 10.6 Å². The number of aliphatic hydroxyl groups is 3. The van der Waals surface area contributed by atoms with Crippen LogP contribution in [0.2, 0.25) is 0 Å². The summed E-state index contributed by atoms with van der Waals surface area (Å²) in [6.07, 6.45) is 4.94. The van der Waals surface area contributed by atoms with Crippen molar-refractivity contribution in [3.63, 3.8) is 0 Å². The molecule has 5 rings (SSSR count). The van der Waals surface area contributed by atoms with Crippen LogP contribution in [0.25, 0.3) is 0 Å². The van der Waals surface area contributed by atoms with Crippen LogP contribution in [0.5, 0.6) is 5.75 Å². The van der Waals surface area contributed by atoms with Gasteiger partial charge >= 0.3 is 0 Å². The Bertz CT molecular complexity index is 1390. The SMILES string of the molecule is CN(C)c1c(CN(C)C2CCCC2)cc(O)c2c1C[C@H]1C[C@H]3[C@H](N(C)C)C(O)=C(C(N)=O)C(=O)[C@@]3(O)C(O)=C1C2=O. The number of hydrogen-bond donors (Lipinski definition) is 5. The summed E-state index contributed by atoms with van der Waals surface area (Å²) in [5, 5.41) is 45.4. The molecule has 4 atom stereocenters. The van der Waals surface area contributed by atoms with Gasteiger partial charge in [0.1, 0.15) is 22.8 Å². The number of nitrogens with zero attached hydrogens (tertiary/aromatic N) is 3. The van der Waals surface area contributed by atoms with E-state index in [2.05, 4.69) is 11.9 Å². The molecule has 0 spiro atoms. The van der Waals surface area contributed by atoms with Crippen LogP contribution in [0.1, 0.15) is 53.6 Å². The lowest BCUT2D eigenvalue weighted by molar-refractivity contribution is -0.148. The number of allylic oxidation sites excluding steroid dienone is 1. The molecule has 1 aromatic carbocycles. The third-order valence-electron chi connectivity index (χ3n) is 9.59. The minimum absolute atomic E-state index is 0.0294. The molecule has 0 bridgehead atoms. The average Bonchev–Trinajstić information content (AvgIpc) is 3.41. The van der Waals surface area contributed by atoms with Crippen molar-refractivity contribution in [1.29, 1.82) is 0 Å². The van der Waals surface area contributed by atoms with Gasteiger partial charge in [0.2, 0.25) is 5.78 Å². The number of carbonyl (C=O) groups excluding carboxylic acids is 3. The van der Waals surface area contributed by atoms with Crippen molar-refractivity contribution in [2.45, 2.75) is 62.8 Å². The number of fused-ring (bicyclic) bond motifs is 3. The highest BCUT2D eigenvalue weighted by Gasteiger charge is 2.63. The maximum Gasteiger partial charge on any atom is 0.255 e. The maximum absolute atomic E-state index is 14.0. The molecule has 1 saturated carbocycles. The van der Waals surface area contributed by atoms with Crippen LogP contribution in [0.15, 0.2) is 28.7 Å². The second-order valence-corrected chi connectivity index (χ2v) is 12.5. The summed E-state index contributed by atoms with van der Waals surface area (Å²) in [4.78, 5) is 45.4. The van der Waals surface area contributed by atoms with Crippen molar-refractivity contribution in [3.05, 3.63) is 45.4 Å². The molecule has 6 N–H and O–H groups in total. The molecule has 0 radical (unpaired) electrons. The molecule has 4 aliphatic carbocycles. The van der Waals surface area contributed by atoms with Gasteiger partial charge < -0.3 is 31.1 Å². The Morgan fingerprint density at radius 2 is 1.71 bits per heavy atom. The Morgan fingerprint density at radius 1 is 1.07 bits per heavy atom. The molecule has 0 unspecified atom stereocenters. The van der Waals surface area contributed by atoms with Gasteiger partial charge in [-0.15, -0.1) is 0 Å². The zero-order chi connectivity index (χ0) is 30.1. The number of anilines is 1. The summed E-state index contributed by atoms with van der Waals surface area (Å²) >= 11 is 0. The zero-order valence-corrected chi connectivity index (χ0v) is 24.3. The summed E-state index contributed by atoms with van der Waals surface area (Å²) in [5.74, 6) is -6.48. The first-order chi connectivity index (χ1) is 19.2. The predicted molar refractivity (Wildman–Crippen MR) is 152 cm³/mol. The van der Waals surface area contributed by atoms with Crippen LogP contribution in [-0.2, 0) is 22.6 Å². The number of amides is 1. The largest absolute Gasteiger partial charge is 0.510 e. The van der Waals surface area contributed by atoms with Gasteiger partial charge in [0.25, 0.3) is 5.91 Å².